The van der Waals surface area contributed by atoms with Crippen molar-refractivity contribution in [3.8, 4) is 0 Å². The molecule has 10 atom stereocenters. The van der Waals surface area contributed by atoms with Crippen LogP contribution in [0.15, 0.2) is 0 Å². The molecule has 0 amide bonds. The number of alkyl halides is 1. The van der Waals surface area contributed by atoms with Gasteiger partial charge >= 0.3 is 5.97 Å². The molecule has 4 nitrogen and oxygen atoms in total. The van der Waals surface area contributed by atoms with Crippen LogP contribution in [0.3, 0.4) is 0 Å². The van der Waals surface area contributed by atoms with E-state index in [-0.39, 0.29) is 27.9 Å². The second-order valence-electron chi connectivity index (χ2n) is 10.5. The first-order valence-corrected chi connectivity index (χ1v) is 12.2. The monoisotopic (exact) mass is 454 g/mol. The first kappa shape index (κ1) is 20.8. The largest absolute Gasteiger partial charge is 0.481 e. The summed E-state index contributed by atoms with van der Waals surface area (Å²) in [6.45, 7) is 6.85. The van der Waals surface area contributed by atoms with E-state index in [1.165, 1.54) is 0 Å². The lowest BCUT2D eigenvalue weighted by Crippen LogP contribution is -2.65. The molecule has 4 fully saturated rings. The number of aliphatic hydroxyl groups excluding tert-OH is 1. The van der Waals surface area contributed by atoms with Gasteiger partial charge in [-0.15, -0.1) is 0 Å². The van der Waals surface area contributed by atoms with Crippen LogP contribution in [0.4, 0.5) is 0 Å². The van der Waals surface area contributed by atoms with Gasteiger partial charge in [0.25, 0.3) is 0 Å². The van der Waals surface area contributed by atoms with E-state index in [4.69, 9.17) is 0 Å². The summed E-state index contributed by atoms with van der Waals surface area (Å²) in [5.41, 5.74) is -1.05. The molecule has 0 aromatic heterocycles. The number of carboxylic acid groups (broad SMARTS) is 1. The molecule has 5 heteroatoms. The van der Waals surface area contributed by atoms with Crippen LogP contribution in [-0.4, -0.2) is 32.9 Å². The van der Waals surface area contributed by atoms with E-state index < -0.39 is 23.4 Å². The molecule has 2 N–H and O–H groups in total. The second kappa shape index (κ2) is 7.08. The number of Topliss-reactive ketones (excluding diaryl/α,β-unsaturated/α-hetero) is 1. The molecule has 4 aliphatic carbocycles. The summed E-state index contributed by atoms with van der Waals surface area (Å²) < 4.78 is 0. The maximum absolute atomic E-state index is 13.8. The molecule has 4 saturated carbocycles. The minimum absolute atomic E-state index is 0.0743. The molecule has 0 aromatic carbocycles. The Morgan fingerprint density at radius 1 is 1.25 bits per heavy atom. The summed E-state index contributed by atoms with van der Waals surface area (Å²) in [4.78, 5) is 26.2. The van der Waals surface area contributed by atoms with Crippen molar-refractivity contribution in [1.82, 2.24) is 0 Å². The minimum atomic E-state index is -0.971. The van der Waals surface area contributed by atoms with E-state index in [2.05, 4.69) is 36.7 Å². The molecule has 0 aliphatic heterocycles. The average Bonchev–Trinajstić information content (AvgIpc) is 3.03. The van der Waals surface area contributed by atoms with Crippen molar-refractivity contribution in [2.75, 3.05) is 0 Å². The molecule has 0 heterocycles. The number of aliphatic hydroxyl groups is 1. The summed E-state index contributed by atoms with van der Waals surface area (Å²) in [6.07, 6.45) is 6.23. The number of rotatable bonds is 3. The van der Waals surface area contributed by atoms with E-state index in [1.54, 1.807) is 0 Å². The van der Waals surface area contributed by atoms with E-state index in [1.807, 2.05) is 0 Å². The number of carbonyl (C=O) groups excluding carboxylic acids is 1. The lowest BCUT2D eigenvalue weighted by molar-refractivity contribution is -0.186. The third-order valence-corrected chi connectivity index (χ3v) is 11.2. The van der Waals surface area contributed by atoms with Gasteiger partial charge in [0.05, 0.1) is 16.3 Å². The minimum Gasteiger partial charge on any atom is -0.481 e. The highest BCUT2D eigenvalue weighted by atomic mass is 79.9. The fraction of sp³-hybridized carbons (Fsp3) is 0.913. The van der Waals surface area contributed by atoms with E-state index in [0.717, 1.165) is 32.1 Å². The van der Waals surface area contributed by atoms with Gasteiger partial charge in [-0.25, -0.2) is 0 Å². The molecule has 158 valence electrons. The summed E-state index contributed by atoms with van der Waals surface area (Å²) in [6, 6.07) is 0. The van der Waals surface area contributed by atoms with Crippen molar-refractivity contribution in [3.05, 3.63) is 0 Å². The van der Waals surface area contributed by atoms with Gasteiger partial charge in [0.15, 0.2) is 5.78 Å². The van der Waals surface area contributed by atoms with Gasteiger partial charge in [-0.05, 0) is 80.0 Å². The lowest BCUT2D eigenvalue weighted by Gasteiger charge is -2.60. The topological polar surface area (TPSA) is 74.6 Å². The summed E-state index contributed by atoms with van der Waals surface area (Å²) in [5.74, 6) is 0.571. The highest BCUT2D eigenvalue weighted by Crippen LogP contribution is 2.68. The Bertz CT molecular complexity index is 665. The van der Waals surface area contributed by atoms with Gasteiger partial charge in [0, 0.05) is 5.92 Å². The van der Waals surface area contributed by atoms with Crippen LogP contribution in [0.1, 0.15) is 72.1 Å². The Balaban J connectivity index is 1.77. The number of hydrogen-bond acceptors (Lipinski definition) is 3. The molecule has 0 aromatic rings. The molecule has 0 spiro atoms. The Kier molecular flexibility index (Phi) is 5.27. The molecule has 0 saturated heterocycles. The smallest absolute Gasteiger partial charge is 0.310 e. The molecular formula is C23H35BrO4. The maximum atomic E-state index is 13.8. The lowest BCUT2D eigenvalue weighted by atomic mass is 9.43. The normalized spacial score (nSPS) is 51.8. The quantitative estimate of drug-likeness (QED) is 0.607. The van der Waals surface area contributed by atoms with Crippen molar-refractivity contribution < 1.29 is 19.8 Å². The third kappa shape index (κ3) is 2.57. The van der Waals surface area contributed by atoms with Crippen molar-refractivity contribution in [3.63, 3.8) is 0 Å². The van der Waals surface area contributed by atoms with Crippen LogP contribution in [-0.2, 0) is 9.59 Å². The van der Waals surface area contributed by atoms with Gasteiger partial charge in [-0.2, -0.15) is 0 Å². The zero-order valence-corrected chi connectivity index (χ0v) is 19.0. The molecule has 4 aliphatic rings. The number of hydrogen-bond donors (Lipinski definition) is 2. The molecule has 3 unspecified atom stereocenters. The van der Waals surface area contributed by atoms with Crippen molar-refractivity contribution in [1.29, 1.82) is 0 Å². The molecular weight excluding hydrogens is 420 g/mol. The number of ketones is 1. The van der Waals surface area contributed by atoms with Crippen LogP contribution in [0, 0.1) is 46.3 Å². The number of fused-ring (bicyclic) bond motifs is 5. The highest BCUT2D eigenvalue weighted by molar-refractivity contribution is 9.10. The van der Waals surface area contributed by atoms with Crippen LogP contribution in [0.5, 0.6) is 0 Å². The number of carboxylic acids is 1. The van der Waals surface area contributed by atoms with Crippen molar-refractivity contribution >= 4 is 27.7 Å². The molecule has 0 radical (unpaired) electrons. The van der Waals surface area contributed by atoms with Crippen molar-refractivity contribution in [2.24, 2.45) is 46.3 Å². The van der Waals surface area contributed by atoms with E-state index in [9.17, 15) is 19.8 Å². The van der Waals surface area contributed by atoms with E-state index >= 15 is 0 Å². The van der Waals surface area contributed by atoms with E-state index in [0.29, 0.717) is 37.0 Å². The predicted molar refractivity (Wildman–Crippen MR) is 111 cm³/mol. The SMILES string of the molecule is CC[C@@H](C)[C@H]1CC[C@H]2[C@@H]3CCC4CC(O)CC[C@]4(C(=O)O)[C@H]3C(=O)C(Br)[C@]12C. The summed E-state index contributed by atoms with van der Waals surface area (Å²) in [5, 5.41) is 20.6. The Morgan fingerprint density at radius 3 is 2.61 bits per heavy atom. The summed E-state index contributed by atoms with van der Waals surface area (Å²) >= 11 is 3.83. The molecule has 28 heavy (non-hydrogen) atoms. The van der Waals surface area contributed by atoms with Crippen LogP contribution in [0.25, 0.3) is 0 Å². The molecule has 4 rings (SSSR count). The number of carbonyl (C=O) groups is 2. The second-order valence-corrected chi connectivity index (χ2v) is 11.4. The zero-order chi connectivity index (χ0) is 20.4. The fourth-order valence-corrected chi connectivity index (χ4v) is 9.22. The van der Waals surface area contributed by atoms with Crippen LogP contribution in [0.2, 0.25) is 0 Å². The van der Waals surface area contributed by atoms with Gasteiger partial charge in [-0.3, -0.25) is 9.59 Å². The Morgan fingerprint density at radius 2 is 1.96 bits per heavy atom. The molecule has 0 bridgehead atoms. The van der Waals surface area contributed by atoms with Crippen LogP contribution >= 0.6 is 15.9 Å². The summed E-state index contributed by atoms with van der Waals surface area (Å²) in [7, 11) is 0. The van der Waals surface area contributed by atoms with Gasteiger partial charge < -0.3 is 10.2 Å². The first-order chi connectivity index (χ1) is 13.2. The highest BCUT2D eigenvalue weighted by Gasteiger charge is 2.69. The number of halogens is 1. The fourth-order valence-electron chi connectivity index (χ4n) is 8.26. The average molecular weight is 455 g/mol. The van der Waals surface area contributed by atoms with Gasteiger partial charge in [-0.1, -0.05) is 43.1 Å². The standard InChI is InChI=1S/C23H35BrO4/c1-4-12(2)16-7-8-17-15-6-5-13-11-14(25)9-10-23(13,21(27)28)18(15)19(26)20(24)22(16,17)3/h12-18,20,25H,4-11H2,1-3H3,(H,27,28)/t12-,13?,14?,15+,16-,17+,18-,20?,22-,23-/m1/s1. The maximum Gasteiger partial charge on any atom is 0.310 e. The van der Waals surface area contributed by atoms with Crippen molar-refractivity contribution in [2.45, 2.75) is 83.1 Å². The first-order valence-electron chi connectivity index (χ1n) is 11.3. The Labute approximate surface area is 177 Å². The zero-order valence-electron chi connectivity index (χ0n) is 17.4. The third-order valence-electron chi connectivity index (χ3n) is 9.74. The predicted octanol–water partition coefficient (Wildman–Crippen LogP) is 4.67. The van der Waals surface area contributed by atoms with Gasteiger partial charge in [0.2, 0.25) is 0 Å². The number of aliphatic carboxylic acids is 1. The van der Waals surface area contributed by atoms with Gasteiger partial charge in [0.1, 0.15) is 0 Å². The van der Waals surface area contributed by atoms with Crippen LogP contribution < -0.4 is 0 Å². The Hall–Kier alpha value is -0.420.